The molecular weight excluding hydrogens is 274 g/mol. The highest BCUT2D eigenvalue weighted by Crippen LogP contribution is 2.33. The van der Waals surface area contributed by atoms with Crippen molar-refractivity contribution in [2.45, 2.75) is 45.1 Å². The van der Waals surface area contributed by atoms with Gasteiger partial charge in [-0.3, -0.25) is 0 Å². The molecule has 0 radical (unpaired) electrons. The number of hydrogen-bond donors (Lipinski definition) is 1. The monoisotopic (exact) mass is 297 g/mol. The lowest BCUT2D eigenvalue weighted by Gasteiger charge is -2.39. The van der Waals surface area contributed by atoms with Gasteiger partial charge < -0.3 is 4.74 Å². The van der Waals surface area contributed by atoms with E-state index in [4.69, 9.17) is 16.3 Å². The van der Waals surface area contributed by atoms with Crippen molar-refractivity contribution in [2.24, 2.45) is 5.92 Å². The van der Waals surface area contributed by atoms with E-state index >= 15 is 0 Å². The average Bonchev–Trinajstić information content (AvgIpc) is 2.28. The van der Waals surface area contributed by atoms with Crippen LogP contribution in [0.4, 0.5) is 0 Å². The molecule has 0 aromatic carbocycles. The van der Waals surface area contributed by atoms with Gasteiger partial charge in [-0.25, -0.2) is 13.1 Å². The standard InChI is InChI=1S/C12H24ClNO3S/c1-3-17-7-8-18(15,16)14-12(10-13)6-4-5-11(2)9-12/h11,14H,3-10H2,1-2H3. The van der Waals surface area contributed by atoms with E-state index in [-0.39, 0.29) is 12.4 Å². The van der Waals surface area contributed by atoms with Gasteiger partial charge in [0.25, 0.3) is 0 Å². The maximum atomic E-state index is 12.0. The predicted octanol–water partition coefficient (Wildman–Crippen LogP) is 2.13. The first-order valence-electron chi connectivity index (χ1n) is 6.58. The smallest absolute Gasteiger partial charge is 0.214 e. The van der Waals surface area contributed by atoms with Gasteiger partial charge in [0.15, 0.2) is 0 Å². The summed E-state index contributed by atoms with van der Waals surface area (Å²) in [5.74, 6) is 0.867. The van der Waals surface area contributed by atoms with Crippen molar-refractivity contribution in [2.75, 3.05) is 24.8 Å². The minimum absolute atomic E-state index is 0.00780. The Labute approximate surface area is 115 Å². The number of hydrogen-bond acceptors (Lipinski definition) is 3. The number of ether oxygens (including phenoxy) is 1. The molecule has 6 heteroatoms. The number of nitrogens with one attached hydrogen (secondary N) is 1. The summed E-state index contributed by atoms with van der Waals surface area (Å²) in [5.41, 5.74) is -0.454. The summed E-state index contributed by atoms with van der Waals surface area (Å²) in [6, 6.07) is 0. The summed E-state index contributed by atoms with van der Waals surface area (Å²) in [6.07, 6.45) is 3.83. The van der Waals surface area contributed by atoms with Crippen molar-refractivity contribution < 1.29 is 13.2 Å². The first kappa shape index (κ1) is 16.2. The molecule has 1 aliphatic carbocycles. The third kappa shape index (κ3) is 5.03. The fraction of sp³-hybridized carbons (Fsp3) is 1.00. The SMILES string of the molecule is CCOCCS(=O)(=O)NC1(CCl)CCCC(C)C1. The molecule has 0 aliphatic heterocycles. The van der Waals surface area contributed by atoms with E-state index in [9.17, 15) is 8.42 Å². The van der Waals surface area contributed by atoms with Crippen molar-refractivity contribution in [1.29, 1.82) is 0 Å². The van der Waals surface area contributed by atoms with Crippen LogP contribution in [0.25, 0.3) is 0 Å². The fourth-order valence-electron chi connectivity index (χ4n) is 2.60. The van der Waals surface area contributed by atoms with Crippen LogP contribution in [0, 0.1) is 5.92 Å². The molecule has 0 spiro atoms. The van der Waals surface area contributed by atoms with Crippen molar-refractivity contribution in [3.8, 4) is 0 Å². The van der Waals surface area contributed by atoms with Crippen LogP contribution in [0.3, 0.4) is 0 Å². The quantitative estimate of drug-likeness (QED) is 0.578. The van der Waals surface area contributed by atoms with Crippen molar-refractivity contribution in [1.82, 2.24) is 4.72 Å². The Morgan fingerprint density at radius 1 is 1.50 bits per heavy atom. The molecule has 0 amide bonds. The third-order valence-electron chi connectivity index (χ3n) is 3.42. The molecule has 18 heavy (non-hydrogen) atoms. The molecule has 1 fully saturated rings. The molecule has 0 saturated heterocycles. The Kier molecular flexibility index (Phi) is 6.38. The Balaban J connectivity index is 2.61. The van der Waals surface area contributed by atoms with Crippen LogP contribution in [0.1, 0.15) is 39.5 Å². The Bertz CT molecular complexity index is 347. The second-order valence-corrected chi connectivity index (χ2v) is 7.34. The number of rotatable bonds is 7. The van der Waals surface area contributed by atoms with Gasteiger partial charge in [0.1, 0.15) is 0 Å². The summed E-state index contributed by atoms with van der Waals surface area (Å²) < 4.78 is 31.9. The Morgan fingerprint density at radius 3 is 2.78 bits per heavy atom. The van der Waals surface area contributed by atoms with E-state index in [1.807, 2.05) is 6.92 Å². The molecule has 2 unspecified atom stereocenters. The van der Waals surface area contributed by atoms with E-state index in [1.165, 1.54) is 0 Å². The number of halogens is 1. The van der Waals surface area contributed by atoms with Gasteiger partial charge in [-0.05, 0) is 25.7 Å². The summed E-state index contributed by atoms with van der Waals surface area (Å²) in [4.78, 5) is 0. The first-order chi connectivity index (χ1) is 8.43. The van der Waals surface area contributed by atoms with E-state index in [2.05, 4.69) is 11.6 Å². The maximum Gasteiger partial charge on any atom is 0.214 e. The molecule has 0 bridgehead atoms. The first-order valence-corrected chi connectivity index (χ1v) is 8.77. The summed E-state index contributed by atoms with van der Waals surface area (Å²) in [5, 5.41) is 0. The van der Waals surface area contributed by atoms with Gasteiger partial charge >= 0.3 is 0 Å². The highest BCUT2D eigenvalue weighted by atomic mass is 35.5. The van der Waals surface area contributed by atoms with Crippen LogP contribution in [0.15, 0.2) is 0 Å². The molecule has 1 rings (SSSR count). The van der Waals surface area contributed by atoms with Crippen LogP contribution in [0.5, 0.6) is 0 Å². The highest BCUT2D eigenvalue weighted by Gasteiger charge is 2.37. The van der Waals surface area contributed by atoms with E-state index in [1.54, 1.807) is 0 Å². The zero-order valence-corrected chi connectivity index (χ0v) is 12.8. The normalized spacial score (nSPS) is 29.4. The second kappa shape index (κ2) is 7.08. The molecule has 1 aliphatic rings. The topological polar surface area (TPSA) is 55.4 Å². The van der Waals surface area contributed by atoms with Gasteiger partial charge in [-0.2, -0.15) is 0 Å². The molecule has 0 aromatic heterocycles. The number of alkyl halides is 1. The van der Waals surface area contributed by atoms with Crippen LogP contribution >= 0.6 is 11.6 Å². The molecule has 1 N–H and O–H groups in total. The van der Waals surface area contributed by atoms with Crippen molar-refractivity contribution in [3.63, 3.8) is 0 Å². The van der Waals surface area contributed by atoms with Crippen LogP contribution < -0.4 is 4.72 Å². The van der Waals surface area contributed by atoms with Gasteiger partial charge in [-0.1, -0.05) is 19.8 Å². The van der Waals surface area contributed by atoms with Crippen molar-refractivity contribution >= 4 is 21.6 Å². The molecule has 1 saturated carbocycles. The zero-order chi connectivity index (χ0) is 13.6. The summed E-state index contributed by atoms with van der Waals surface area (Å²) in [6.45, 7) is 4.77. The van der Waals surface area contributed by atoms with E-state index in [0.29, 0.717) is 18.4 Å². The minimum atomic E-state index is -3.31. The lowest BCUT2D eigenvalue weighted by molar-refractivity contribution is 0.162. The Hall–Kier alpha value is 0.160. The molecule has 2 atom stereocenters. The Morgan fingerprint density at radius 2 is 2.22 bits per heavy atom. The molecule has 4 nitrogen and oxygen atoms in total. The summed E-state index contributed by atoms with van der Waals surface area (Å²) in [7, 11) is -3.31. The molecule has 0 aromatic rings. The fourth-order valence-corrected chi connectivity index (χ4v) is 4.34. The second-order valence-electron chi connectivity index (χ2n) is 5.23. The van der Waals surface area contributed by atoms with Gasteiger partial charge in [0, 0.05) is 18.0 Å². The third-order valence-corrected chi connectivity index (χ3v) is 5.38. The lowest BCUT2D eigenvalue weighted by atomic mass is 9.78. The number of sulfonamides is 1. The zero-order valence-electron chi connectivity index (χ0n) is 11.2. The van der Waals surface area contributed by atoms with Crippen molar-refractivity contribution in [3.05, 3.63) is 0 Å². The highest BCUT2D eigenvalue weighted by molar-refractivity contribution is 7.89. The lowest BCUT2D eigenvalue weighted by Crippen LogP contribution is -2.53. The summed E-state index contributed by atoms with van der Waals surface area (Å²) >= 11 is 6.01. The minimum Gasteiger partial charge on any atom is -0.381 e. The largest absolute Gasteiger partial charge is 0.381 e. The van der Waals surface area contributed by atoms with Gasteiger partial charge in [0.05, 0.1) is 12.4 Å². The van der Waals surface area contributed by atoms with Gasteiger partial charge in [0.2, 0.25) is 10.0 Å². The maximum absolute atomic E-state index is 12.0. The molecule has 0 heterocycles. The van der Waals surface area contributed by atoms with E-state index < -0.39 is 15.6 Å². The van der Waals surface area contributed by atoms with Gasteiger partial charge in [-0.15, -0.1) is 11.6 Å². The predicted molar refractivity (Wildman–Crippen MR) is 74.5 cm³/mol. The molecule has 108 valence electrons. The van der Waals surface area contributed by atoms with Crippen LogP contribution in [0.2, 0.25) is 0 Å². The molecular formula is C12H24ClNO3S. The van der Waals surface area contributed by atoms with Crippen LogP contribution in [-0.4, -0.2) is 38.8 Å². The van der Waals surface area contributed by atoms with E-state index in [0.717, 1.165) is 25.7 Å². The van der Waals surface area contributed by atoms with Crippen LogP contribution in [-0.2, 0) is 14.8 Å². The average molecular weight is 298 g/mol.